The van der Waals surface area contributed by atoms with Gasteiger partial charge in [0, 0.05) is 0 Å². The highest BCUT2D eigenvalue weighted by atomic mass is 35.5. The third kappa shape index (κ3) is 15.3. The zero-order valence-corrected chi connectivity index (χ0v) is 10.1. The highest BCUT2D eigenvalue weighted by Crippen LogP contribution is 1.89. The van der Waals surface area contributed by atoms with Crippen molar-refractivity contribution in [2.24, 2.45) is 0 Å². The van der Waals surface area contributed by atoms with E-state index in [1.54, 1.807) is 0 Å². The lowest BCUT2D eigenvalue weighted by Gasteiger charge is -1.89. The first-order valence-electron chi connectivity index (χ1n) is 3.83. The SMILES string of the molecule is COC(=O)CC(=O)Cl.COC(=O)CC(=O)Cl. The number of hydrogen-bond acceptors (Lipinski definition) is 6. The number of carbonyl (C=O) groups excluding carboxylic acids is 4. The molecule has 0 atom stereocenters. The van der Waals surface area contributed by atoms with Crippen LogP contribution in [0.3, 0.4) is 0 Å². The Kier molecular flexibility index (Phi) is 11.2. The van der Waals surface area contributed by atoms with Gasteiger partial charge in [-0.25, -0.2) is 0 Å². The van der Waals surface area contributed by atoms with Crippen molar-refractivity contribution >= 4 is 45.6 Å². The van der Waals surface area contributed by atoms with Gasteiger partial charge in [-0.15, -0.1) is 0 Å². The largest absolute Gasteiger partial charge is 0.469 e. The van der Waals surface area contributed by atoms with Gasteiger partial charge in [-0.3, -0.25) is 19.2 Å². The summed E-state index contributed by atoms with van der Waals surface area (Å²) >= 11 is 9.62. The first-order valence-corrected chi connectivity index (χ1v) is 4.59. The van der Waals surface area contributed by atoms with E-state index >= 15 is 0 Å². The Morgan fingerprint density at radius 1 is 0.812 bits per heavy atom. The van der Waals surface area contributed by atoms with Gasteiger partial charge in [-0.05, 0) is 23.2 Å². The topological polar surface area (TPSA) is 86.7 Å². The van der Waals surface area contributed by atoms with Crippen LogP contribution in [0.1, 0.15) is 12.8 Å². The van der Waals surface area contributed by atoms with E-state index in [2.05, 4.69) is 9.47 Å². The molecule has 0 rings (SSSR count). The molecule has 8 heteroatoms. The number of halogens is 2. The summed E-state index contributed by atoms with van der Waals surface area (Å²) in [5.41, 5.74) is 0. The van der Waals surface area contributed by atoms with Crippen molar-refractivity contribution in [1.82, 2.24) is 0 Å². The third-order valence-electron chi connectivity index (χ3n) is 1.02. The van der Waals surface area contributed by atoms with Crippen LogP contribution in [0.2, 0.25) is 0 Å². The second-order valence-corrected chi connectivity index (χ2v) is 3.06. The van der Waals surface area contributed by atoms with Crippen molar-refractivity contribution in [2.75, 3.05) is 14.2 Å². The quantitative estimate of drug-likeness (QED) is 0.424. The monoisotopic (exact) mass is 272 g/mol. The van der Waals surface area contributed by atoms with Gasteiger partial charge in [0.1, 0.15) is 12.8 Å². The van der Waals surface area contributed by atoms with E-state index in [4.69, 9.17) is 23.2 Å². The molecule has 0 fully saturated rings. The molecule has 0 aliphatic rings. The second-order valence-electron chi connectivity index (χ2n) is 2.22. The number of hydrogen-bond donors (Lipinski definition) is 0. The molecule has 0 aromatic carbocycles. The molecule has 6 nitrogen and oxygen atoms in total. The van der Waals surface area contributed by atoms with Gasteiger partial charge in [0.05, 0.1) is 14.2 Å². The van der Waals surface area contributed by atoms with Gasteiger partial charge in [0.2, 0.25) is 10.5 Å². The molecular weight excluding hydrogens is 263 g/mol. The fraction of sp³-hybridized carbons (Fsp3) is 0.500. The fourth-order valence-electron chi connectivity index (χ4n) is 0.371. The summed E-state index contributed by atoms with van der Waals surface area (Å²) in [7, 11) is 2.39. The van der Waals surface area contributed by atoms with Crippen molar-refractivity contribution in [3.8, 4) is 0 Å². The predicted octanol–water partition coefficient (Wildman–Crippen LogP) is 0.630. The molecule has 0 saturated carbocycles. The molecule has 0 aliphatic carbocycles. The summed E-state index contributed by atoms with van der Waals surface area (Å²) in [5, 5.41) is -1.39. The molecule has 0 unspecified atom stereocenters. The Labute approximate surface area is 102 Å². The number of carbonyl (C=O) groups is 4. The number of rotatable bonds is 4. The molecular formula is C8H10Cl2O6. The highest BCUT2D eigenvalue weighted by molar-refractivity contribution is 6.65. The summed E-state index contributed by atoms with van der Waals surface area (Å²) in [6.45, 7) is 0. The second kappa shape index (κ2) is 10.4. The van der Waals surface area contributed by atoms with E-state index in [1.165, 1.54) is 14.2 Å². The van der Waals surface area contributed by atoms with E-state index in [0.29, 0.717) is 0 Å². The first kappa shape index (κ1) is 17.3. The molecule has 0 aromatic heterocycles. The summed E-state index contributed by atoms with van der Waals surface area (Å²) in [6, 6.07) is 0. The molecule has 0 bridgehead atoms. The molecule has 0 aromatic rings. The lowest BCUT2D eigenvalue weighted by Crippen LogP contribution is -2.03. The van der Waals surface area contributed by atoms with Crippen molar-refractivity contribution < 1.29 is 28.7 Å². The minimum Gasteiger partial charge on any atom is -0.469 e. The molecule has 0 N–H and O–H groups in total. The van der Waals surface area contributed by atoms with E-state index in [1.807, 2.05) is 0 Å². The van der Waals surface area contributed by atoms with Crippen molar-refractivity contribution in [1.29, 1.82) is 0 Å². The Balaban J connectivity index is 0. The zero-order valence-electron chi connectivity index (χ0n) is 8.62. The maximum atomic E-state index is 10.1. The summed E-state index contributed by atoms with van der Waals surface area (Å²) < 4.78 is 8.23. The van der Waals surface area contributed by atoms with E-state index < -0.39 is 22.4 Å². The lowest BCUT2D eigenvalue weighted by molar-refractivity contribution is -0.143. The average Bonchev–Trinajstić information content (AvgIpc) is 2.16. The molecule has 0 radical (unpaired) electrons. The van der Waals surface area contributed by atoms with Gasteiger partial charge in [-0.1, -0.05) is 0 Å². The summed E-state index contributed by atoms with van der Waals surface area (Å²) in [5.74, 6) is -1.21. The Morgan fingerprint density at radius 2 is 1.06 bits per heavy atom. The number of ether oxygens (including phenoxy) is 2. The van der Waals surface area contributed by atoms with Crippen LogP contribution >= 0.6 is 23.2 Å². The Morgan fingerprint density at radius 3 is 1.12 bits per heavy atom. The van der Waals surface area contributed by atoms with Crippen molar-refractivity contribution in [3.05, 3.63) is 0 Å². The third-order valence-corrected chi connectivity index (χ3v) is 1.29. The summed E-state index contributed by atoms with van der Waals surface area (Å²) in [6.07, 6.45) is -0.698. The van der Waals surface area contributed by atoms with Crippen LogP contribution < -0.4 is 0 Å². The van der Waals surface area contributed by atoms with E-state index in [9.17, 15) is 19.2 Å². The van der Waals surface area contributed by atoms with E-state index in [-0.39, 0.29) is 12.8 Å². The minimum absolute atomic E-state index is 0.349. The fourth-order valence-corrected chi connectivity index (χ4v) is 0.590. The Hall–Kier alpha value is -1.14. The lowest BCUT2D eigenvalue weighted by atomic mass is 10.5. The Bertz CT molecular complexity index is 248. The van der Waals surface area contributed by atoms with Gasteiger partial charge in [-0.2, -0.15) is 0 Å². The van der Waals surface area contributed by atoms with Crippen LogP contribution in [-0.2, 0) is 28.7 Å². The number of esters is 2. The molecule has 0 heterocycles. The van der Waals surface area contributed by atoms with Crippen LogP contribution in [-0.4, -0.2) is 36.6 Å². The molecule has 0 saturated heterocycles. The molecule has 0 amide bonds. The van der Waals surface area contributed by atoms with Crippen LogP contribution in [0.15, 0.2) is 0 Å². The number of methoxy groups -OCH3 is 2. The van der Waals surface area contributed by atoms with Gasteiger partial charge in [0.15, 0.2) is 0 Å². The van der Waals surface area contributed by atoms with Crippen LogP contribution in [0, 0.1) is 0 Å². The minimum atomic E-state index is -0.697. The molecule has 0 aliphatic heterocycles. The van der Waals surface area contributed by atoms with Gasteiger partial charge < -0.3 is 9.47 Å². The highest BCUT2D eigenvalue weighted by Gasteiger charge is 2.04. The molecule has 16 heavy (non-hydrogen) atoms. The maximum Gasteiger partial charge on any atom is 0.314 e. The van der Waals surface area contributed by atoms with Gasteiger partial charge in [0.25, 0.3) is 0 Å². The summed E-state index contributed by atoms with van der Waals surface area (Å²) in [4.78, 5) is 39.9. The predicted molar refractivity (Wildman–Crippen MR) is 55.0 cm³/mol. The van der Waals surface area contributed by atoms with Crippen LogP contribution in [0.5, 0.6) is 0 Å². The standard InChI is InChI=1S/2C4H5ClO3/c2*1-8-4(7)2-3(5)6/h2*2H2,1H3. The normalized spacial score (nSPS) is 8.25. The van der Waals surface area contributed by atoms with Gasteiger partial charge >= 0.3 is 11.9 Å². The van der Waals surface area contributed by atoms with E-state index in [0.717, 1.165) is 0 Å². The van der Waals surface area contributed by atoms with Crippen LogP contribution in [0.4, 0.5) is 0 Å². The maximum absolute atomic E-state index is 10.1. The average molecular weight is 273 g/mol. The first-order chi connectivity index (χ1) is 7.33. The zero-order chi connectivity index (χ0) is 13.1. The van der Waals surface area contributed by atoms with Crippen molar-refractivity contribution in [2.45, 2.75) is 12.8 Å². The molecule has 0 spiro atoms. The van der Waals surface area contributed by atoms with Crippen LogP contribution in [0.25, 0.3) is 0 Å². The smallest absolute Gasteiger partial charge is 0.314 e. The van der Waals surface area contributed by atoms with Crippen molar-refractivity contribution in [3.63, 3.8) is 0 Å². The molecule has 92 valence electrons.